The molecule has 1 aromatic heterocycles. The summed E-state index contributed by atoms with van der Waals surface area (Å²) in [5.41, 5.74) is 2.00. The number of ether oxygens (including phenoxy) is 1. The van der Waals surface area contributed by atoms with Crippen LogP contribution in [-0.4, -0.2) is 53.8 Å². The van der Waals surface area contributed by atoms with Crippen LogP contribution in [0.2, 0.25) is 5.02 Å². The average molecular weight is 412 g/mol. The first-order chi connectivity index (χ1) is 14.1. The van der Waals surface area contributed by atoms with Crippen LogP contribution in [-0.2, 0) is 0 Å². The van der Waals surface area contributed by atoms with Gasteiger partial charge in [-0.05, 0) is 30.3 Å². The van der Waals surface area contributed by atoms with Gasteiger partial charge < -0.3 is 24.2 Å². The fraction of sp³-hybridized carbons (Fsp3) is 0.227. The summed E-state index contributed by atoms with van der Waals surface area (Å²) in [7, 11) is 1.55. The number of phenols is 1. The summed E-state index contributed by atoms with van der Waals surface area (Å²) in [6, 6.07) is 14.5. The number of methoxy groups -OCH3 is 1. The second-order valence-corrected chi connectivity index (χ2v) is 7.27. The lowest BCUT2D eigenvalue weighted by Gasteiger charge is -2.36. The number of hydrogen-bond donors (Lipinski definition) is 1. The highest BCUT2D eigenvalue weighted by molar-refractivity contribution is 6.33. The smallest absolute Gasteiger partial charge is 0.257 e. The van der Waals surface area contributed by atoms with E-state index in [2.05, 4.69) is 4.90 Å². The zero-order chi connectivity index (χ0) is 20.4. The molecule has 1 fully saturated rings. The minimum atomic E-state index is -0.111. The number of carbonyl (C=O) groups excluding carboxylic acids is 1. The Bertz CT molecular complexity index is 1010. The Balaban J connectivity index is 1.53. The van der Waals surface area contributed by atoms with Gasteiger partial charge in [0.2, 0.25) is 0 Å². The molecule has 0 atom stereocenters. The van der Waals surface area contributed by atoms with Gasteiger partial charge in [0.15, 0.2) is 0 Å². The number of benzene rings is 2. The Morgan fingerprint density at radius 3 is 2.34 bits per heavy atom. The number of piperazine rings is 1. The Morgan fingerprint density at radius 2 is 1.69 bits per heavy atom. The van der Waals surface area contributed by atoms with Crippen LogP contribution in [0.1, 0.15) is 10.4 Å². The fourth-order valence-corrected chi connectivity index (χ4v) is 3.89. The summed E-state index contributed by atoms with van der Waals surface area (Å²) in [6.45, 7) is 2.38. The Hall–Kier alpha value is -3.12. The number of nitrogens with zero attached hydrogens (tertiary/aromatic N) is 3. The van der Waals surface area contributed by atoms with Gasteiger partial charge in [-0.25, -0.2) is 0 Å². The molecule has 2 aromatic carbocycles. The highest BCUT2D eigenvalue weighted by Crippen LogP contribution is 2.32. The minimum absolute atomic E-state index is 0.111. The van der Waals surface area contributed by atoms with Crippen molar-refractivity contribution in [2.75, 3.05) is 38.2 Å². The van der Waals surface area contributed by atoms with E-state index in [1.54, 1.807) is 36.3 Å². The van der Waals surface area contributed by atoms with Crippen molar-refractivity contribution >= 4 is 23.2 Å². The zero-order valence-electron chi connectivity index (χ0n) is 16.1. The maximum atomic E-state index is 13.2. The summed E-state index contributed by atoms with van der Waals surface area (Å²) in [4.78, 5) is 17.0. The SMILES string of the molecule is COc1cc(-n2cccc2)c(Cl)cc1C(=O)N1CCN(c2ccccc2O)CC1. The fourth-order valence-electron chi connectivity index (χ4n) is 3.62. The van der Waals surface area contributed by atoms with Crippen LogP contribution in [0.15, 0.2) is 60.9 Å². The van der Waals surface area contributed by atoms with Crippen LogP contribution in [0.25, 0.3) is 5.69 Å². The Kier molecular flexibility index (Phi) is 5.36. The second-order valence-electron chi connectivity index (χ2n) is 6.86. The predicted octanol–water partition coefficient (Wildman–Crippen LogP) is 3.81. The first kappa shape index (κ1) is 19.2. The standard InChI is InChI=1S/C22H22ClN3O3/c1-29-21-15-19(24-8-4-5-9-24)17(23)14-16(21)22(28)26-12-10-25(11-13-26)18-6-2-3-7-20(18)27/h2-9,14-15,27H,10-13H2,1H3. The number of para-hydroxylation sites is 2. The number of aromatic nitrogens is 1. The van der Waals surface area contributed by atoms with Crippen LogP contribution in [0.3, 0.4) is 0 Å². The molecular weight excluding hydrogens is 390 g/mol. The number of carbonyl (C=O) groups is 1. The first-order valence-electron chi connectivity index (χ1n) is 9.41. The van der Waals surface area contributed by atoms with Crippen LogP contribution in [0.5, 0.6) is 11.5 Å². The van der Waals surface area contributed by atoms with E-state index in [1.807, 2.05) is 41.2 Å². The number of halogens is 1. The highest BCUT2D eigenvalue weighted by Gasteiger charge is 2.26. The number of phenolic OH excluding ortho intramolecular Hbond substituents is 1. The topological polar surface area (TPSA) is 57.9 Å². The number of rotatable bonds is 4. The van der Waals surface area contributed by atoms with E-state index in [9.17, 15) is 9.90 Å². The molecule has 0 aliphatic carbocycles. The van der Waals surface area contributed by atoms with E-state index >= 15 is 0 Å². The molecule has 2 heterocycles. The molecule has 29 heavy (non-hydrogen) atoms. The van der Waals surface area contributed by atoms with Crippen LogP contribution in [0, 0.1) is 0 Å². The zero-order valence-corrected chi connectivity index (χ0v) is 16.8. The molecule has 1 aliphatic heterocycles. The van der Waals surface area contributed by atoms with Crippen molar-refractivity contribution in [1.29, 1.82) is 0 Å². The third kappa shape index (κ3) is 3.76. The molecule has 6 nitrogen and oxygen atoms in total. The molecule has 0 radical (unpaired) electrons. The maximum absolute atomic E-state index is 13.2. The largest absolute Gasteiger partial charge is 0.506 e. The predicted molar refractivity (Wildman–Crippen MR) is 114 cm³/mol. The Labute approximate surface area is 174 Å². The van der Waals surface area contributed by atoms with Gasteiger partial charge in [-0.2, -0.15) is 0 Å². The third-order valence-corrected chi connectivity index (χ3v) is 5.47. The molecule has 0 bridgehead atoms. The van der Waals surface area contributed by atoms with Crippen molar-refractivity contribution in [2.24, 2.45) is 0 Å². The third-order valence-electron chi connectivity index (χ3n) is 5.17. The van der Waals surface area contributed by atoms with E-state index in [-0.39, 0.29) is 11.7 Å². The molecule has 1 N–H and O–H groups in total. The molecule has 150 valence electrons. The van der Waals surface area contributed by atoms with Gasteiger partial charge in [-0.15, -0.1) is 0 Å². The van der Waals surface area contributed by atoms with Crippen LogP contribution >= 0.6 is 11.6 Å². The molecule has 4 rings (SSSR count). The molecule has 1 aliphatic rings. The van der Waals surface area contributed by atoms with Crippen LogP contribution < -0.4 is 9.64 Å². The lowest BCUT2D eigenvalue weighted by atomic mass is 10.1. The molecule has 1 saturated heterocycles. The summed E-state index contributed by atoms with van der Waals surface area (Å²) < 4.78 is 7.37. The van der Waals surface area contributed by atoms with Gasteiger partial charge in [-0.3, -0.25) is 4.79 Å². The normalized spacial score (nSPS) is 14.1. The summed E-state index contributed by atoms with van der Waals surface area (Å²) >= 11 is 6.47. The van der Waals surface area contributed by atoms with Crippen molar-refractivity contribution in [3.8, 4) is 17.2 Å². The molecular formula is C22H22ClN3O3. The monoisotopic (exact) mass is 411 g/mol. The number of aromatic hydroxyl groups is 1. The van der Waals surface area contributed by atoms with Gasteiger partial charge in [0.05, 0.1) is 29.1 Å². The van der Waals surface area contributed by atoms with E-state index in [1.165, 1.54) is 0 Å². The lowest BCUT2D eigenvalue weighted by molar-refractivity contribution is 0.0743. The van der Waals surface area contributed by atoms with E-state index in [0.29, 0.717) is 42.5 Å². The van der Waals surface area contributed by atoms with Gasteiger partial charge in [-0.1, -0.05) is 23.7 Å². The highest BCUT2D eigenvalue weighted by atomic mass is 35.5. The van der Waals surface area contributed by atoms with Crippen molar-refractivity contribution < 1.29 is 14.6 Å². The molecule has 0 spiro atoms. The van der Waals surface area contributed by atoms with Crippen molar-refractivity contribution in [1.82, 2.24) is 9.47 Å². The quantitative estimate of drug-likeness (QED) is 0.709. The van der Waals surface area contributed by atoms with Crippen molar-refractivity contribution in [2.45, 2.75) is 0 Å². The van der Waals surface area contributed by atoms with Crippen molar-refractivity contribution in [3.63, 3.8) is 0 Å². The summed E-state index contributed by atoms with van der Waals surface area (Å²) in [5, 5.41) is 10.5. The van der Waals surface area contributed by atoms with Crippen LogP contribution in [0.4, 0.5) is 5.69 Å². The first-order valence-corrected chi connectivity index (χ1v) is 9.79. The Morgan fingerprint density at radius 1 is 1.00 bits per heavy atom. The molecule has 0 unspecified atom stereocenters. The van der Waals surface area contributed by atoms with E-state index in [4.69, 9.17) is 16.3 Å². The number of hydrogen-bond acceptors (Lipinski definition) is 4. The minimum Gasteiger partial charge on any atom is -0.506 e. The van der Waals surface area contributed by atoms with E-state index in [0.717, 1.165) is 11.4 Å². The van der Waals surface area contributed by atoms with Gasteiger partial charge in [0.1, 0.15) is 11.5 Å². The summed E-state index contributed by atoms with van der Waals surface area (Å²) in [6.07, 6.45) is 3.78. The second kappa shape index (κ2) is 8.09. The molecule has 3 aromatic rings. The van der Waals surface area contributed by atoms with Gasteiger partial charge in [0.25, 0.3) is 5.91 Å². The summed E-state index contributed by atoms with van der Waals surface area (Å²) in [5.74, 6) is 0.632. The lowest BCUT2D eigenvalue weighted by Crippen LogP contribution is -2.48. The molecule has 1 amide bonds. The van der Waals surface area contributed by atoms with E-state index < -0.39 is 0 Å². The maximum Gasteiger partial charge on any atom is 0.257 e. The molecule has 7 heteroatoms. The average Bonchev–Trinajstić information content (AvgIpc) is 3.28. The van der Waals surface area contributed by atoms with Gasteiger partial charge in [0, 0.05) is 44.6 Å². The van der Waals surface area contributed by atoms with Gasteiger partial charge >= 0.3 is 0 Å². The number of amides is 1. The number of anilines is 1. The van der Waals surface area contributed by atoms with Crippen molar-refractivity contribution in [3.05, 3.63) is 71.5 Å². The molecule has 0 saturated carbocycles.